The summed E-state index contributed by atoms with van der Waals surface area (Å²) >= 11 is 1.20. The number of hydrogen-bond acceptors (Lipinski definition) is 5. The SMILES string of the molecule is CCC(C)(Nc1nc(C(C)(C)C)ns1)C(=O)O. The second-order valence-corrected chi connectivity index (χ2v) is 6.04. The summed E-state index contributed by atoms with van der Waals surface area (Å²) in [6, 6.07) is 0. The number of carbonyl (C=O) groups is 1. The van der Waals surface area contributed by atoms with Gasteiger partial charge in [0.1, 0.15) is 11.4 Å². The summed E-state index contributed by atoms with van der Waals surface area (Å²) in [6.07, 6.45) is 0.479. The van der Waals surface area contributed by atoms with Crippen molar-refractivity contribution < 1.29 is 9.90 Å². The van der Waals surface area contributed by atoms with Crippen LogP contribution in [0.1, 0.15) is 46.9 Å². The first-order valence-corrected chi connectivity index (χ1v) is 6.32. The lowest BCUT2D eigenvalue weighted by molar-refractivity contribution is -0.141. The highest BCUT2D eigenvalue weighted by atomic mass is 32.1. The fraction of sp³-hybridized carbons (Fsp3) is 0.727. The maximum atomic E-state index is 11.2. The van der Waals surface area contributed by atoms with Gasteiger partial charge in [0.2, 0.25) is 5.13 Å². The van der Waals surface area contributed by atoms with E-state index in [1.54, 1.807) is 6.92 Å². The van der Waals surface area contributed by atoms with Gasteiger partial charge in [0, 0.05) is 16.9 Å². The predicted molar refractivity (Wildman–Crippen MR) is 68.6 cm³/mol. The second-order valence-electron chi connectivity index (χ2n) is 5.29. The van der Waals surface area contributed by atoms with Crippen LogP contribution in [0, 0.1) is 0 Å². The van der Waals surface area contributed by atoms with Crippen molar-refractivity contribution in [1.29, 1.82) is 0 Å². The molecule has 0 spiro atoms. The lowest BCUT2D eigenvalue weighted by Gasteiger charge is -2.23. The molecule has 1 aromatic rings. The van der Waals surface area contributed by atoms with Crippen LogP contribution >= 0.6 is 11.5 Å². The van der Waals surface area contributed by atoms with E-state index in [1.165, 1.54) is 11.5 Å². The molecule has 1 atom stereocenters. The van der Waals surface area contributed by atoms with Gasteiger partial charge in [0.25, 0.3) is 0 Å². The first-order chi connectivity index (χ1) is 7.69. The van der Waals surface area contributed by atoms with Gasteiger partial charge in [0.15, 0.2) is 0 Å². The summed E-state index contributed by atoms with van der Waals surface area (Å²) in [6.45, 7) is 9.54. The van der Waals surface area contributed by atoms with Gasteiger partial charge in [0.05, 0.1) is 0 Å². The normalized spacial score (nSPS) is 15.4. The molecule has 0 saturated heterocycles. The van der Waals surface area contributed by atoms with Crippen molar-refractivity contribution in [3.8, 4) is 0 Å². The van der Waals surface area contributed by atoms with E-state index < -0.39 is 11.5 Å². The van der Waals surface area contributed by atoms with Gasteiger partial charge in [-0.25, -0.2) is 9.78 Å². The Hall–Kier alpha value is -1.17. The zero-order valence-corrected chi connectivity index (χ0v) is 11.7. The molecule has 1 unspecified atom stereocenters. The summed E-state index contributed by atoms with van der Waals surface area (Å²) in [5.74, 6) is -0.152. The largest absolute Gasteiger partial charge is 0.480 e. The van der Waals surface area contributed by atoms with Crippen molar-refractivity contribution in [1.82, 2.24) is 9.36 Å². The number of aliphatic carboxylic acids is 1. The first kappa shape index (κ1) is 13.9. The van der Waals surface area contributed by atoms with Gasteiger partial charge in [-0.1, -0.05) is 27.7 Å². The van der Waals surface area contributed by atoms with Gasteiger partial charge in [-0.05, 0) is 13.3 Å². The van der Waals surface area contributed by atoms with E-state index >= 15 is 0 Å². The van der Waals surface area contributed by atoms with Crippen LogP contribution in [0.3, 0.4) is 0 Å². The molecule has 0 aromatic carbocycles. The molecule has 0 radical (unpaired) electrons. The lowest BCUT2D eigenvalue weighted by Crippen LogP contribution is -2.42. The monoisotopic (exact) mass is 257 g/mol. The Bertz CT molecular complexity index is 411. The topological polar surface area (TPSA) is 75.1 Å². The Morgan fingerprint density at radius 1 is 1.41 bits per heavy atom. The molecule has 1 rings (SSSR count). The molecule has 6 heteroatoms. The lowest BCUT2D eigenvalue weighted by atomic mass is 9.96. The highest BCUT2D eigenvalue weighted by Gasteiger charge is 2.32. The average molecular weight is 257 g/mol. The fourth-order valence-corrected chi connectivity index (χ4v) is 1.99. The minimum Gasteiger partial charge on any atom is -0.480 e. The molecule has 0 aliphatic heterocycles. The molecule has 0 fully saturated rings. The highest BCUT2D eigenvalue weighted by molar-refractivity contribution is 7.09. The van der Waals surface area contributed by atoms with Crippen LogP contribution in [-0.4, -0.2) is 26.0 Å². The molecule has 17 heavy (non-hydrogen) atoms. The Labute approximate surface area is 105 Å². The smallest absolute Gasteiger partial charge is 0.329 e. The fourth-order valence-electron chi connectivity index (χ4n) is 1.11. The summed E-state index contributed by atoms with van der Waals surface area (Å²) in [5.41, 5.74) is -1.11. The van der Waals surface area contributed by atoms with Crippen LogP contribution in [0.5, 0.6) is 0 Å². The third-order valence-electron chi connectivity index (χ3n) is 2.66. The molecule has 0 aliphatic rings. The maximum absolute atomic E-state index is 11.2. The molecule has 1 aromatic heterocycles. The minimum atomic E-state index is -0.991. The maximum Gasteiger partial charge on any atom is 0.329 e. The van der Waals surface area contributed by atoms with E-state index in [-0.39, 0.29) is 5.41 Å². The Morgan fingerprint density at radius 3 is 2.35 bits per heavy atom. The molecule has 0 amide bonds. The number of rotatable bonds is 4. The van der Waals surface area contributed by atoms with E-state index in [4.69, 9.17) is 5.11 Å². The zero-order chi connectivity index (χ0) is 13.3. The number of hydrogen-bond donors (Lipinski definition) is 2. The molecule has 0 saturated carbocycles. The van der Waals surface area contributed by atoms with Crippen molar-refractivity contribution in [2.75, 3.05) is 5.32 Å². The number of carboxylic acids is 1. The Kier molecular flexibility index (Phi) is 3.76. The van der Waals surface area contributed by atoms with Crippen molar-refractivity contribution in [3.05, 3.63) is 5.82 Å². The van der Waals surface area contributed by atoms with E-state index in [1.807, 2.05) is 27.7 Å². The summed E-state index contributed by atoms with van der Waals surface area (Å²) in [7, 11) is 0. The molecule has 96 valence electrons. The third-order valence-corrected chi connectivity index (χ3v) is 3.29. The molecular formula is C11H19N3O2S. The van der Waals surface area contributed by atoms with Gasteiger partial charge < -0.3 is 10.4 Å². The van der Waals surface area contributed by atoms with Crippen molar-refractivity contribution in [2.45, 2.75) is 52.0 Å². The average Bonchev–Trinajstić information content (AvgIpc) is 2.65. The van der Waals surface area contributed by atoms with E-state index in [0.717, 1.165) is 5.82 Å². The van der Waals surface area contributed by atoms with Gasteiger partial charge in [-0.3, -0.25) is 0 Å². The molecule has 0 aliphatic carbocycles. The van der Waals surface area contributed by atoms with Gasteiger partial charge >= 0.3 is 5.97 Å². The Morgan fingerprint density at radius 2 is 2.00 bits per heavy atom. The summed E-state index contributed by atoms with van der Waals surface area (Å²) in [4.78, 5) is 15.5. The number of aromatic nitrogens is 2. The Balaban J connectivity index is 2.89. The summed E-state index contributed by atoms with van der Waals surface area (Å²) < 4.78 is 4.24. The van der Waals surface area contributed by atoms with E-state index in [9.17, 15) is 4.79 Å². The van der Waals surface area contributed by atoms with Gasteiger partial charge in [-0.15, -0.1) is 0 Å². The van der Waals surface area contributed by atoms with Crippen molar-refractivity contribution >= 4 is 22.6 Å². The van der Waals surface area contributed by atoms with Crippen LogP contribution in [0.15, 0.2) is 0 Å². The molecule has 0 bridgehead atoms. The number of nitrogens with one attached hydrogen (secondary N) is 1. The van der Waals surface area contributed by atoms with Crippen LogP contribution in [0.4, 0.5) is 5.13 Å². The third kappa shape index (κ3) is 3.15. The molecular weight excluding hydrogens is 238 g/mol. The van der Waals surface area contributed by atoms with Gasteiger partial charge in [-0.2, -0.15) is 4.37 Å². The van der Waals surface area contributed by atoms with E-state index in [0.29, 0.717) is 11.6 Å². The van der Waals surface area contributed by atoms with Crippen molar-refractivity contribution in [3.63, 3.8) is 0 Å². The van der Waals surface area contributed by atoms with Crippen LogP contribution in [-0.2, 0) is 10.2 Å². The second kappa shape index (κ2) is 4.60. The number of carboxylic acid groups (broad SMARTS) is 1. The number of anilines is 1. The van der Waals surface area contributed by atoms with Crippen molar-refractivity contribution in [2.24, 2.45) is 0 Å². The zero-order valence-electron chi connectivity index (χ0n) is 10.9. The molecule has 2 N–H and O–H groups in total. The van der Waals surface area contributed by atoms with Crippen LogP contribution < -0.4 is 5.32 Å². The van der Waals surface area contributed by atoms with E-state index in [2.05, 4.69) is 14.7 Å². The first-order valence-electron chi connectivity index (χ1n) is 5.55. The standard InChI is InChI=1S/C11H19N3O2S/c1-6-11(5,8(15)16)13-9-12-7(14-17-9)10(2,3)4/h6H2,1-5H3,(H,15,16)(H,12,13,14). The molecule has 1 heterocycles. The predicted octanol–water partition coefficient (Wildman–Crippen LogP) is 2.50. The number of nitrogens with zero attached hydrogens (tertiary/aromatic N) is 2. The highest BCUT2D eigenvalue weighted by Crippen LogP contribution is 2.25. The van der Waals surface area contributed by atoms with Crippen LogP contribution in [0.2, 0.25) is 0 Å². The quantitative estimate of drug-likeness (QED) is 0.866. The molecule has 5 nitrogen and oxygen atoms in total. The van der Waals surface area contributed by atoms with Crippen LogP contribution in [0.25, 0.3) is 0 Å². The minimum absolute atomic E-state index is 0.123. The summed E-state index contributed by atoms with van der Waals surface area (Å²) in [5, 5.41) is 12.7.